The summed E-state index contributed by atoms with van der Waals surface area (Å²) in [6.45, 7) is 0.127. The van der Waals surface area contributed by atoms with Crippen LogP contribution in [-0.4, -0.2) is 39.0 Å². The van der Waals surface area contributed by atoms with Crippen LogP contribution in [0.1, 0.15) is 23.2 Å². The summed E-state index contributed by atoms with van der Waals surface area (Å²) in [5, 5.41) is 13.6. The first-order chi connectivity index (χ1) is 12.8. The molecule has 0 aliphatic rings. The Balaban J connectivity index is 1.85. The topological polar surface area (TPSA) is 150 Å². The molecular formula is C17H18N4O6. The molecule has 0 spiro atoms. The Kier molecular flexibility index (Phi) is 6.64. The molecule has 0 atom stereocenters. The minimum absolute atomic E-state index is 0.0172. The summed E-state index contributed by atoms with van der Waals surface area (Å²) in [5.41, 5.74) is -0.296. The minimum atomic E-state index is -1.00. The molecule has 0 saturated carbocycles. The zero-order chi connectivity index (χ0) is 19.8. The van der Waals surface area contributed by atoms with E-state index in [1.54, 1.807) is 0 Å². The number of carbonyl (C=O) groups is 3. The van der Waals surface area contributed by atoms with E-state index in [1.807, 2.05) is 0 Å². The second-order valence-electron chi connectivity index (χ2n) is 5.58. The highest BCUT2D eigenvalue weighted by atomic mass is 16.4. The van der Waals surface area contributed by atoms with Crippen LogP contribution in [-0.2, 0) is 16.1 Å². The number of hydrogen-bond donors (Lipinski definition) is 4. The van der Waals surface area contributed by atoms with Crippen molar-refractivity contribution in [2.24, 2.45) is 0 Å². The number of aromatic nitrogens is 2. The first-order valence-corrected chi connectivity index (χ1v) is 8.05. The number of nitrogens with zero attached hydrogens (tertiary/aromatic N) is 1. The lowest BCUT2D eigenvalue weighted by Crippen LogP contribution is -2.29. The smallest absolute Gasteiger partial charge is 0.328 e. The van der Waals surface area contributed by atoms with Crippen LogP contribution in [0.25, 0.3) is 0 Å². The molecule has 2 rings (SSSR count). The maximum atomic E-state index is 12.0. The minimum Gasteiger partial charge on any atom is -0.481 e. The average Bonchev–Trinajstić information content (AvgIpc) is 2.61. The summed E-state index contributed by atoms with van der Waals surface area (Å²) in [7, 11) is 0. The molecule has 27 heavy (non-hydrogen) atoms. The van der Waals surface area contributed by atoms with Gasteiger partial charge in [0.1, 0.15) is 0 Å². The fourth-order valence-electron chi connectivity index (χ4n) is 2.16. The highest BCUT2D eigenvalue weighted by molar-refractivity contribution is 5.95. The lowest BCUT2D eigenvalue weighted by molar-refractivity contribution is -0.136. The van der Waals surface area contributed by atoms with Crippen LogP contribution >= 0.6 is 0 Å². The van der Waals surface area contributed by atoms with Gasteiger partial charge in [0.2, 0.25) is 5.91 Å². The number of hydrogen-bond acceptors (Lipinski definition) is 5. The van der Waals surface area contributed by atoms with Gasteiger partial charge < -0.3 is 20.3 Å². The van der Waals surface area contributed by atoms with Crippen LogP contribution < -0.4 is 21.9 Å². The number of amides is 2. The van der Waals surface area contributed by atoms with Gasteiger partial charge in [-0.25, -0.2) is 4.79 Å². The van der Waals surface area contributed by atoms with Gasteiger partial charge in [0.15, 0.2) is 0 Å². The molecule has 142 valence electrons. The van der Waals surface area contributed by atoms with Crippen molar-refractivity contribution in [3.8, 4) is 0 Å². The molecule has 0 unspecified atom stereocenters. The number of carboxylic acid groups (broad SMARTS) is 1. The van der Waals surface area contributed by atoms with Crippen LogP contribution in [0.5, 0.6) is 0 Å². The van der Waals surface area contributed by atoms with E-state index in [1.165, 1.54) is 41.1 Å². The molecule has 0 fully saturated rings. The lowest BCUT2D eigenvalue weighted by atomic mass is 10.2. The van der Waals surface area contributed by atoms with Gasteiger partial charge in [-0.3, -0.25) is 24.2 Å². The van der Waals surface area contributed by atoms with Crippen molar-refractivity contribution in [1.82, 2.24) is 14.9 Å². The van der Waals surface area contributed by atoms with Gasteiger partial charge in [-0.15, -0.1) is 0 Å². The van der Waals surface area contributed by atoms with Crippen molar-refractivity contribution in [3.05, 3.63) is 62.9 Å². The van der Waals surface area contributed by atoms with Crippen LogP contribution in [0.2, 0.25) is 0 Å². The van der Waals surface area contributed by atoms with Gasteiger partial charge in [0, 0.05) is 43.0 Å². The SMILES string of the molecule is O=C(O)CCNC(=O)c1ccc(NC(=O)CCn2ccc(=O)[nH]c2=O)cc1. The standard InChI is InChI=1S/C17H18N4O6/c22-13(6-9-21-10-7-14(23)20-17(21)27)19-12-3-1-11(2-4-12)16(26)18-8-5-15(24)25/h1-4,7,10H,5-6,8-9H2,(H,18,26)(H,19,22)(H,24,25)(H,20,23,27). The summed E-state index contributed by atoms with van der Waals surface area (Å²) in [4.78, 5) is 58.8. The largest absolute Gasteiger partial charge is 0.481 e. The summed E-state index contributed by atoms with van der Waals surface area (Å²) in [6.07, 6.45) is 1.16. The van der Waals surface area contributed by atoms with Gasteiger partial charge in [0.05, 0.1) is 6.42 Å². The highest BCUT2D eigenvalue weighted by Gasteiger charge is 2.08. The van der Waals surface area contributed by atoms with E-state index < -0.39 is 23.1 Å². The second-order valence-corrected chi connectivity index (χ2v) is 5.58. The zero-order valence-corrected chi connectivity index (χ0v) is 14.2. The lowest BCUT2D eigenvalue weighted by Gasteiger charge is -2.08. The van der Waals surface area contributed by atoms with Crippen molar-refractivity contribution in [2.45, 2.75) is 19.4 Å². The predicted molar refractivity (Wildman–Crippen MR) is 95.6 cm³/mol. The summed E-state index contributed by atoms with van der Waals surface area (Å²) in [5.74, 6) is -1.75. The average molecular weight is 374 g/mol. The molecule has 1 aromatic heterocycles. The van der Waals surface area contributed by atoms with Gasteiger partial charge in [-0.2, -0.15) is 0 Å². The Labute approximate surface area is 152 Å². The van der Waals surface area contributed by atoms with Gasteiger partial charge in [0.25, 0.3) is 11.5 Å². The van der Waals surface area contributed by atoms with Crippen LogP contribution in [0.4, 0.5) is 5.69 Å². The zero-order valence-electron chi connectivity index (χ0n) is 14.2. The van der Waals surface area contributed by atoms with Crippen molar-refractivity contribution in [1.29, 1.82) is 0 Å². The van der Waals surface area contributed by atoms with E-state index in [0.29, 0.717) is 11.3 Å². The number of H-pyrrole nitrogens is 1. The van der Waals surface area contributed by atoms with Gasteiger partial charge >= 0.3 is 11.7 Å². The summed E-state index contributed by atoms with van der Waals surface area (Å²) >= 11 is 0. The van der Waals surface area contributed by atoms with Crippen molar-refractivity contribution >= 4 is 23.5 Å². The third kappa shape index (κ3) is 6.27. The molecule has 0 bridgehead atoms. The van der Waals surface area contributed by atoms with Crippen LogP contribution in [0.3, 0.4) is 0 Å². The maximum absolute atomic E-state index is 12.0. The van der Waals surface area contributed by atoms with E-state index in [4.69, 9.17) is 5.11 Å². The number of carbonyl (C=O) groups excluding carboxylic acids is 2. The molecule has 0 saturated heterocycles. The molecule has 1 heterocycles. The molecular weight excluding hydrogens is 356 g/mol. The Bertz CT molecular complexity index is 945. The van der Waals surface area contributed by atoms with Crippen LogP contribution in [0, 0.1) is 0 Å². The van der Waals surface area contributed by atoms with E-state index >= 15 is 0 Å². The second kappa shape index (κ2) is 9.13. The molecule has 2 amide bonds. The van der Waals surface area contributed by atoms with E-state index in [0.717, 1.165) is 0 Å². The summed E-state index contributed by atoms with van der Waals surface area (Å²) in [6, 6.07) is 7.27. The Morgan fingerprint density at radius 3 is 2.37 bits per heavy atom. The maximum Gasteiger partial charge on any atom is 0.328 e. The number of anilines is 1. The van der Waals surface area contributed by atoms with Crippen molar-refractivity contribution in [3.63, 3.8) is 0 Å². The molecule has 0 radical (unpaired) electrons. The number of aryl methyl sites for hydroxylation is 1. The quantitative estimate of drug-likeness (QED) is 0.501. The Hall–Kier alpha value is -3.69. The number of aliphatic carboxylic acids is 1. The van der Waals surface area contributed by atoms with Crippen molar-refractivity contribution in [2.75, 3.05) is 11.9 Å². The highest BCUT2D eigenvalue weighted by Crippen LogP contribution is 2.10. The molecule has 2 aromatic rings. The monoisotopic (exact) mass is 374 g/mol. The number of nitrogens with one attached hydrogen (secondary N) is 3. The fraction of sp³-hybridized carbons (Fsp3) is 0.235. The van der Waals surface area contributed by atoms with Crippen molar-refractivity contribution < 1.29 is 19.5 Å². The molecule has 0 aliphatic carbocycles. The van der Waals surface area contributed by atoms with E-state index in [2.05, 4.69) is 15.6 Å². The third-order valence-electron chi connectivity index (χ3n) is 3.53. The molecule has 0 aliphatic heterocycles. The Morgan fingerprint density at radius 1 is 1.04 bits per heavy atom. The first kappa shape index (κ1) is 19.6. The fourth-order valence-corrected chi connectivity index (χ4v) is 2.16. The molecule has 1 aromatic carbocycles. The normalized spacial score (nSPS) is 10.2. The Morgan fingerprint density at radius 2 is 1.74 bits per heavy atom. The molecule has 10 heteroatoms. The third-order valence-corrected chi connectivity index (χ3v) is 3.53. The number of benzene rings is 1. The van der Waals surface area contributed by atoms with Crippen LogP contribution in [0.15, 0.2) is 46.1 Å². The molecule has 4 N–H and O–H groups in total. The predicted octanol–water partition coefficient (Wildman–Crippen LogP) is -0.230. The van der Waals surface area contributed by atoms with E-state index in [9.17, 15) is 24.0 Å². The van der Waals surface area contributed by atoms with Gasteiger partial charge in [-0.05, 0) is 24.3 Å². The van der Waals surface area contributed by atoms with E-state index in [-0.39, 0.29) is 31.8 Å². The number of aromatic amines is 1. The van der Waals surface area contributed by atoms with Gasteiger partial charge in [-0.1, -0.05) is 0 Å². The first-order valence-electron chi connectivity index (χ1n) is 8.05. The number of rotatable bonds is 8. The molecule has 10 nitrogen and oxygen atoms in total. The summed E-state index contributed by atoms with van der Waals surface area (Å²) < 4.78 is 1.21. The number of carboxylic acids is 1.